The number of piperidine rings is 1. The summed E-state index contributed by atoms with van der Waals surface area (Å²) in [5.41, 5.74) is 10.5. The van der Waals surface area contributed by atoms with Gasteiger partial charge >= 0.3 is 0 Å². The molecule has 0 spiro atoms. The fourth-order valence-corrected chi connectivity index (χ4v) is 3.99. The molecule has 3 heteroatoms. The van der Waals surface area contributed by atoms with E-state index in [2.05, 4.69) is 28.1 Å². The van der Waals surface area contributed by atoms with E-state index in [1.807, 2.05) is 0 Å². The van der Waals surface area contributed by atoms with Crippen LogP contribution < -0.4 is 10.6 Å². The number of rotatable bonds is 1. The number of nitrogens with two attached hydrogens (primary N) is 1. The van der Waals surface area contributed by atoms with E-state index in [0.29, 0.717) is 0 Å². The zero-order valence-electron chi connectivity index (χ0n) is 11.1. The van der Waals surface area contributed by atoms with Crippen LogP contribution in [0.4, 0.5) is 5.82 Å². The first-order valence-electron chi connectivity index (χ1n) is 7.45. The van der Waals surface area contributed by atoms with Crippen LogP contribution in [-0.4, -0.2) is 18.1 Å². The maximum atomic E-state index is 6.36. The van der Waals surface area contributed by atoms with Crippen LogP contribution in [0.2, 0.25) is 0 Å². The molecular formula is C16H19N3. The molecule has 4 aliphatic rings. The van der Waals surface area contributed by atoms with E-state index in [0.717, 1.165) is 18.8 Å². The molecule has 0 radical (unpaired) electrons. The molecule has 0 amide bonds. The van der Waals surface area contributed by atoms with Crippen molar-refractivity contribution in [2.24, 2.45) is 5.73 Å². The Labute approximate surface area is 112 Å². The van der Waals surface area contributed by atoms with Crippen LogP contribution in [0.1, 0.15) is 42.7 Å². The second-order valence-corrected chi connectivity index (χ2v) is 6.57. The largest absolute Gasteiger partial charge is 0.358 e. The van der Waals surface area contributed by atoms with Gasteiger partial charge in [0.1, 0.15) is 5.82 Å². The van der Waals surface area contributed by atoms with E-state index < -0.39 is 0 Å². The summed E-state index contributed by atoms with van der Waals surface area (Å²) in [5.74, 6) is 2.15. The molecule has 2 fully saturated rings. The Bertz CT molecular complexity index is 673. The van der Waals surface area contributed by atoms with Gasteiger partial charge in [-0.15, -0.1) is 0 Å². The molecule has 1 saturated heterocycles. The average Bonchev–Trinajstić information content (AvgIpc) is 3.08. The van der Waals surface area contributed by atoms with Crippen LogP contribution in [-0.2, 0) is 5.54 Å². The fourth-order valence-electron chi connectivity index (χ4n) is 3.99. The first-order chi connectivity index (χ1) is 9.24. The summed E-state index contributed by atoms with van der Waals surface area (Å²) in [6.07, 6.45) is 4.91. The van der Waals surface area contributed by atoms with Crippen molar-refractivity contribution in [3.63, 3.8) is 0 Å². The number of aromatic amines is 1. The Balaban J connectivity index is 1.77. The molecule has 1 aromatic heterocycles. The lowest BCUT2D eigenvalue weighted by Crippen LogP contribution is -2.38. The number of nitrogens with one attached hydrogen (secondary N) is 1. The van der Waals surface area contributed by atoms with Crippen LogP contribution >= 0.6 is 0 Å². The van der Waals surface area contributed by atoms with Crippen molar-refractivity contribution in [2.75, 3.05) is 18.0 Å². The summed E-state index contributed by atoms with van der Waals surface area (Å²) in [7, 11) is 0. The third-order valence-corrected chi connectivity index (χ3v) is 5.40. The highest BCUT2D eigenvalue weighted by atomic mass is 15.2. The van der Waals surface area contributed by atoms with Crippen molar-refractivity contribution in [1.82, 2.24) is 4.98 Å². The molecule has 1 aliphatic carbocycles. The summed E-state index contributed by atoms with van der Waals surface area (Å²) in [6, 6.07) is 6.81. The monoisotopic (exact) mass is 253 g/mol. The molecule has 3 nitrogen and oxygen atoms in total. The summed E-state index contributed by atoms with van der Waals surface area (Å²) < 4.78 is 0. The molecule has 4 heterocycles. The van der Waals surface area contributed by atoms with Crippen molar-refractivity contribution in [3.05, 3.63) is 29.3 Å². The van der Waals surface area contributed by atoms with Gasteiger partial charge in [0.05, 0.1) is 0 Å². The number of nitrogens with zero attached hydrogens (tertiary/aromatic N) is 1. The maximum Gasteiger partial charge on any atom is 0.110 e. The second-order valence-electron chi connectivity index (χ2n) is 6.57. The minimum Gasteiger partial charge on any atom is -0.358 e. The van der Waals surface area contributed by atoms with Crippen molar-refractivity contribution < 1.29 is 0 Å². The van der Waals surface area contributed by atoms with Crippen molar-refractivity contribution >= 4 is 16.7 Å². The summed E-state index contributed by atoms with van der Waals surface area (Å²) in [4.78, 5) is 6.15. The van der Waals surface area contributed by atoms with Gasteiger partial charge in [0.25, 0.3) is 0 Å². The van der Waals surface area contributed by atoms with Crippen LogP contribution in [0.15, 0.2) is 18.2 Å². The van der Waals surface area contributed by atoms with Gasteiger partial charge in [0.2, 0.25) is 0 Å². The topological polar surface area (TPSA) is 45.1 Å². The SMILES string of the molecule is NC1(c2ccc3[nH]c4c(c3c2)C2CCN4CC2)CC1. The number of benzene rings is 1. The maximum absolute atomic E-state index is 6.36. The van der Waals surface area contributed by atoms with Gasteiger partial charge in [0, 0.05) is 35.1 Å². The van der Waals surface area contributed by atoms with Crippen molar-refractivity contribution in [1.29, 1.82) is 0 Å². The third kappa shape index (κ3) is 1.26. The van der Waals surface area contributed by atoms with Crippen LogP contribution in [0.5, 0.6) is 0 Å². The van der Waals surface area contributed by atoms with Gasteiger partial charge in [-0.3, -0.25) is 0 Å². The minimum atomic E-state index is -0.0215. The lowest BCUT2D eigenvalue weighted by atomic mass is 9.84. The minimum absolute atomic E-state index is 0.0215. The number of anilines is 1. The first-order valence-corrected chi connectivity index (χ1v) is 7.45. The number of hydrogen-bond donors (Lipinski definition) is 2. The molecule has 6 rings (SSSR count). The molecule has 2 bridgehead atoms. The van der Waals surface area contributed by atoms with E-state index >= 15 is 0 Å². The zero-order chi connectivity index (χ0) is 12.6. The van der Waals surface area contributed by atoms with E-state index in [-0.39, 0.29) is 5.54 Å². The smallest absolute Gasteiger partial charge is 0.110 e. The standard InChI is InChI=1S/C16H19N3/c17-16(5-6-16)11-1-2-13-12(9-11)14-10-3-7-19(8-4-10)15(14)18-13/h1-2,9-10,18H,3-8,17H2. The van der Waals surface area contributed by atoms with E-state index in [9.17, 15) is 0 Å². The highest BCUT2D eigenvalue weighted by Gasteiger charge is 2.41. The van der Waals surface area contributed by atoms with Gasteiger partial charge < -0.3 is 15.6 Å². The Hall–Kier alpha value is -1.48. The lowest BCUT2D eigenvalue weighted by Gasteiger charge is -2.40. The molecule has 1 aromatic carbocycles. The number of H-pyrrole nitrogens is 1. The Morgan fingerprint density at radius 1 is 1.21 bits per heavy atom. The van der Waals surface area contributed by atoms with Gasteiger partial charge in [-0.25, -0.2) is 0 Å². The van der Waals surface area contributed by atoms with E-state index in [1.54, 1.807) is 5.56 Å². The molecule has 2 aromatic rings. The average molecular weight is 253 g/mol. The highest BCUT2D eigenvalue weighted by molar-refractivity contribution is 5.91. The lowest BCUT2D eigenvalue weighted by molar-refractivity contribution is 0.475. The fraction of sp³-hybridized carbons (Fsp3) is 0.500. The number of hydrogen-bond acceptors (Lipinski definition) is 2. The summed E-state index contributed by atoms with van der Waals surface area (Å²) in [6.45, 7) is 2.44. The van der Waals surface area contributed by atoms with Crippen molar-refractivity contribution in [2.45, 2.75) is 37.1 Å². The number of fused-ring (bicyclic) bond motifs is 3. The van der Waals surface area contributed by atoms with Gasteiger partial charge in [-0.05, 0) is 49.3 Å². The van der Waals surface area contributed by atoms with E-state index in [1.165, 1.54) is 48.2 Å². The molecule has 98 valence electrons. The Kier molecular flexibility index (Phi) is 1.71. The predicted octanol–water partition coefficient (Wildman–Crippen LogP) is 2.81. The zero-order valence-corrected chi connectivity index (χ0v) is 11.1. The molecule has 3 N–H and O–H groups in total. The van der Waals surface area contributed by atoms with Gasteiger partial charge in [-0.2, -0.15) is 0 Å². The molecule has 0 unspecified atom stereocenters. The third-order valence-electron chi connectivity index (χ3n) is 5.40. The molecule has 1 saturated carbocycles. The summed E-state index contributed by atoms with van der Waals surface area (Å²) in [5, 5.41) is 1.43. The summed E-state index contributed by atoms with van der Waals surface area (Å²) >= 11 is 0. The molecular weight excluding hydrogens is 234 g/mol. The van der Waals surface area contributed by atoms with Crippen LogP contribution in [0, 0.1) is 0 Å². The number of aromatic nitrogens is 1. The molecule has 3 aliphatic heterocycles. The van der Waals surface area contributed by atoms with E-state index in [4.69, 9.17) is 5.73 Å². The second kappa shape index (κ2) is 3.15. The predicted molar refractivity (Wildman–Crippen MR) is 77.6 cm³/mol. The Morgan fingerprint density at radius 2 is 2.00 bits per heavy atom. The van der Waals surface area contributed by atoms with Crippen LogP contribution in [0.3, 0.4) is 0 Å². The van der Waals surface area contributed by atoms with Crippen molar-refractivity contribution in [3.8, 4) is 0 Å². The quantitative estimate of drug-likeness (QED) is 0.821. The van der Waals surface area contributed by atoms with Gasteiger partial charge in [-0.1, -0.05) is 6.07 Å². The van der Waals surface area contributed by atoms with Gasteiger partial charge in [0.15, 0.2) is 0 Å². The molecule has 19 heavy (non-hydrogen) atoms. The highest BCUT2D eigenvalue weighted by Crippen LogP contribution is 2.48. The molecule has 0 atom stereocenters. The first kappa shape index (κ1) is 10.3. The normalized spacial score (nSPS) is 23.9. The van der Waals surface area contributed by atoms with Crippen LogP contribution in [0.25, 0.3) is 10.9 Å². The Morgan fingerprint density at radius 3 is 2.74 bits per heavy atom.